The smallest absolute Gasteiger partial charge is 0.0992 e. The van der Waals surface area contributed by atoms with Gasteiger partial charge in [-0.05, 0) is 155 Å². The van der Waals surface area contributed by atoms with Gasteiger partial charge < -0.3 is 14.9 Å². The van der Waals surface area contributed by atoms with Crippen molar-refractivity contribution in [3.8, 4) is 0 Å². The molecule has 2 N–H and O–H groups in total. The highest BCUT2D eigenvalue weighted by molar-refractivity contribution is 5.59. The Bertz CT molecular complexity index is 2040. The summed E-state index contributed by atoms with van der Waals surface area (Å²) in [5.74, 6) is 4.84. The predicted octanol–water partition coefficient (Wildman–Crippen LogP) is 10.7. The van der Waals surface area contributed by atoms with Gasteiger partial charge in [-0.2, -0.15) is 0 Å². The van der Waals surface area contributed by atoms with E-state index in [0.717, 1.165) is 43.5 Å². The Hall–Kier alpha value is -3.35. The normalized spacial score (nSPS) is 46.3. The molecule has 4 fully saturated rings. The highest BCUT2D eigenvalue weighted by Crippen LogP contribution is 2.71. The Morgan fingerprint density at radius 3 is 2.04 bits per heavy atom. The average molecular weight is 727 g/mol. The topological polar surface area (TPSA) is 110 Å². The highest BCUT2D eigenvalue weighted by atomic mass is 15.1. The van der Waals surface area contributed by atoms with Crippen LogP contribution in [0.5, 0.6) is 0 Å². The van der Waals surface area contributed by atoms with Gasteiger partial charge in [-0.25, -0.2) is 9.97 Å². The number of rotatable bonds is 4. The van der Waals surface area contributed by atoms with Crippen LogP contribution in [0.1, 0.15) is 116 Å². The van der Waals surface area contributed by atoms with E-state index in [9.17, 15) is 5.53 Å². The van der Waals surface area contributed by atoms with E-state index in [1.54, 1.807) is 11.1 Å². The van der Waals surface area contributed by atoms with E-state index in [1.165, 1.54) is 56.3 Å². The Kier molecular flexibility index (Phi) is 7.85. The van der Waals surface area contributed by atoms with E-state index in [4.69, 9.17) is 10.7 Å². The Labute approximate surface area is 322 Å². The van der Waals surface area contributed by atoms with E-state index in [0.29, 0.717) is 47.3 Å². The van der Waals surface area contributed by atoms with Crippen LogP contribution >= 0.6 is 0 Å². The SMILES string of the molecule is Cc1cn(C2=CCC3C4CC=C5C[C@H](N)[C@@H](C6C=C(n7cnc(C)c7)[C@@]7(C)CCC8C(CC=C9CC(N=[N+]=[N-])CC[C@@]98C)C67)C[C@]5(C)C4CC[C@]23C)cn1. The molecular weight excluding hydrogens is 665 g/mol. The minimum Gasteiger partial charge on any atom is -0.327 e. The van der Waals surface area contributed by atoms with E-state index in [-0.39, 0.29) is 33.7 Å². The monoisotopic (exact) mass is 727 g/mol. The summed E-state index contributed by atoms with van der Waals surface area (Å²) in [5.41, 5.74) is 25.9. The molecule has 2 aromatic heterocycles. The van der Waals surface area contributed by atoms with Crippen molar-refractivity contribution in [2.75, 3.05) is 0 Å². The maximum Gasteiger partial charge on any atom is 0.0992 e. The molecule has 8 aliphatic carbocycles. The van der Waals surface area contributed by atoms with E-state index in [2.05, 4.69) is 109 Å². The van der Waals surface area contributed by atoms with Gasteiger partial charge in [0.15, 0.2) is 0 Å². The summed E-state index contributed by atoms with van der Waals surface area (Å²) in [6, 6.07) is 0.289. The summed E-state index contributed by atoms with van der Waals surface area (Å²) < 4.78 is 4.74. The molecule has 10 rings (SSSR count). The number of allylic oxidation sites excluding steroid dienone is 6. The molecule has 8 unspecified atom stereocenters. The molecule has 0 saturated heterocycles. The summed E-state index contributed by atoms with van der Waals surface area (Å²) >= 11 is 0. The molecule has 2 aromatic rings. The first kappa shape index (κ1) is 35.1. The zero-order valence-electron chi connectivity index (χ0n) is 33.6. The molecule has 8 nitrogen and oxygen atoms in total. The molecule has 4 saturated carbocycles. The zero-order valence-corrected chi connectivity index (χ0v) is 33.6. The lowest BCUT2D eigenvalue weighted by atomic mass is 9.44. The lowest BCUT2D eigenvalue weighted by Gasteiger charge is -2.61. The molecule has 8 heteroatoms. The molecule has 0 amide bonds. The van der Waals surface area contributed by atoms with Gasteiger partial charge in [0.1, 0.15) is 0 Å². The van der Waals surface area contributed by atoms with Crippen molar-refractivity contribution in [2.24, 2.45) is 79.9 Å². The third-order valence-corrected chi connectivity index (χ3v) is 18.2. The number of fused-ring (bicyclic) bond motifs is 10. The van der Waals surface area contributed by atoms with Crippen LogP contribution in [-0.4, -0.2) is 31.2 Å². The van der Waals surface area contributed by atoms with Crippen LogP contribution in [-0.2, 0) is 0 Å². The van der Waals surface area contributed by atoms with Gasteiger partial charge in [-0.3, -0.25) is 0 Å². The molecule has 8 aliphatic rings. The van der Waals surface area contributed by atoms with Crippen LogP contribution in [0.4, 0.5) is 0 Å². The van der Waals surface area contributed by atoms with Gasteiger partial charge in [0, 0.05) is 51.6 Å². The van der Waals surface area contributed by atoms with Crippen LogP contribution in [0.3, 0.4) is 0 Å². The Morgan fingerprint density at radius 1 is 0.722 bits per heavy atom. The maximum absolute atomic E-state index is 9.26. The van der Waals surface area contributed by atoms with Crippen molar-refractivity contribution >= 4 is 11.4 Å². The lowest BCUT2D eigenvalue weighted by molar-refractivity contribution is -0.0606. The molecule has 54 heavy (non-hydrogen) atoms. The van der Waals surface area contributed by atoms with Gasteiger partial charge in [-0.1, -0.05) is 68.3 Å². The van der Waals surface area contributed by atoms with Gasteiger partial charge in [0.25, 0.3) is 0 Å². The first-order valence-corrected chi connectivity index (χ1v) is 21.5. The number of hydrogen-bond acceptors (Lipinski definition) is 4. The zero-order chi connectivity index (χ0) is 37.4. The fourth-order valence-electron chi connectivity index (χ4n) is 15.6. The molecule has 14 atom stereocenters. The van der Waals surface area contributed by atoms with Gasteiger partial charge in [0.2, 0.25) is 0 Å². The third-order valence-electron chi connectivity index (χ3n) is 18.2. The Morgan fingerprint density at radius 2 is 1.35 bits per heavy atom. The summed E-state index contributed by atoms with van der Waals surface area (Å²) in [4.78, 5) is 12.6. The summed E-state index contributed by atoms with van der Waals surface area (Å²) in [6.45, 7) is 14.7. The minimum absolute atomic E-state index is 0.0824. The van der Waals surface area contributed by atoms with E-state index >= 15 is 0 Å². The first-order chi connectivity index (χ1) is 25.9. The van der Waals surface area contributed by atoms with Crippen molar-refractivity contribution in [3.05, 3.63) is 82.3 Å². The van der Waals surface area contributed by atoms with Crippen molar-refractivity contribution < 1.29 is 0 Å². The van der Waals surface area contributed by atoms with Gasteiger partial charge in [0.05, 0.1) is 24.0 Å². The number of nitrogens with two attached hydrogens (primary N) is 1. The molecule has 0 aromatic carbocycles. The first-order valence-electron chi connectivity index (χ1n) is 21.5. The minimum atomic E-state index is 0.0824. The molecule has 0 spiro atoms. The number of azide groups is 1. The van der Waals surface area contributed by atoms with Crippen LogP contribution in [0.25, 0.3) is 21.8 Å². The molecule has 286 valence electrons. The molecule has 0 bridgehead atoms. The van der Waals surface area contributed by atoms with E-state index < -0.39 is 0 Å². The van der Waals surface area contributed by atoms with Gasteiger partial charge in [-0.15, -0.1) is 0 Å². The van der Waals surface area contributed by atoms with Crippen molar-refractivity contribution in [1.29, 1.82) is 0 Å². The summed E-state index contributed by atoms with van der Waals surface area (Å²) in [5, 5.41) is 4.21. The van der Waals surface area contributed by atoms with Crippen LogP contribution < -0.4 is 5.73 Å². The van der Waals surface area contributed by atoms with E-state index in [1.807, 2.05) is 6.33 Å². The van der Waals surface area contributed by atoms with Crippen LogP contribution in [0, 0.1) is 82.9 Å². The van der Waals surface area contributed by atoms with Crippen LogP contribution in [0.15, 0.2) is 65.6 Å². The maximum atomic E-state index is 9.26. The number of nitrogens with zero attached hydrogens (tertiary/aromatic N) is 7. The number of aryl methyl sites for hydroxylation is 2. The number of imidazole rings is 2. The highest BCUT2D eigenvalue weighted by Gasteiger charge is 2.63. The summed E-state index contributed by atoms with van der Waals surface area (Å²) in [6.07, 6.45) is 33.1. The average Bonchev–Trinajstić information content (AvgIpc) is 3.92. The van der Waals surface area contributed by atoms with Crippen molar-refractivity contribution in [2.45, 2.75) is 131 Å². The van der Waals surface area contributed by atoms with Crippen molar-refractivity contribution in [3.63, 3.8) is 0 Å². The molecule has 0 radical (unpaired) electrons. The standard InChI is InChI=1S/C46H62N8/c1-27-23-53(25-49-27)40-12-11-36-32-9-7-30-20-39(47)35(22-46(30,6)37(32)14-17-44(36,40)4)34-21-41(54-24-28(2)50-26-54)45(5)18-15-38-33(42(34)45)10-8-29-19-31(51-52-48)13-16-43(29,38)3/h7-8,12,21,23-26,31-39,42H,9-11,13-20,22,47H2,1-6H3/t31?,32?,33?,34?,35-,36?,37?,38?,39+,42?,43+,44+,45-,46+/m1/s1. The Balaban J connectivity index is 0.999. The van der Waals surface area contributed by atoms with Crippen molar-refractivity contribution in [1.82, 2.24) is 19.1 Å². The fraction of sp³-hybridized carbons (Fsp3) is 0.696. The second-order valence-electron chi connectivity index (χ2n) is 20.5. The molecule has 2 heterocycles. The lowest BCUT2D eigenvalue weighted by Crippen LogP contribution is -2.56. The predicted molar refractivity (Wildman–Crippen MR) is 215 cm³/mol. The molecular formula is C46H62N8. The summed E-state index contributed by atoms with van der Waals surface area (Å²) in [7, 11) is 0. The third kappa shape index (κ3) is 4.80. The molecule has 0 aliphatic heterocycles. The fourth-order valence-corrected chi connectivity index (χ4v) is 15.6. The van der Waals surface area contributed by atoms with Gasteiger partial charge >= 0.3 is 0 Å². The number of aromatic nitrogens is 4. The second-order valence-corrected chi connectivity index (χ2v) is 20.5. The number of hydrogen-bond donors (Lipinski definition) is 1. The second kappa shape index (κ2) is 12.1. The largest absolute Gasteiger partial charge is 0.327 e. The quantitative estimate of drug-likeness (QED) is 0.146. The van der Waals surface area contributed by atoms with Crippen LogP contribution in [0.2, 0.25) is 0 Å².